The largest absolute Gasteiger partial charge is 0.573 e. The molecule has 3 atom stereocenters. The Kier molecular flexibility index (Phi) is 6.96. The topological polar surface area (TPSA) is 93.6 Å². The van der Waals surface area contributed by atoms with E-state index in [1.54, 1.807) is 6.08 Å². The highest BCUT2D eigenvalue weighted by atomic mass is 19.4. The number of carbonyl (C=O) groups is 1. The number of nitrogens with one attached hydrogen (secondary N) is 1. The lowest BCUT2D eigenvalue weighted by atomic mass is 9.88. The fourth-order valence-corrected chi connectivity index (χ4v) is 3.49. The molecule has 2 aliphatic rings. The van der Waals surface area contributed by atoms with Crippen molar-refractivity contribution in [3.8, 4) is 0 Å². The van der Waals surface area contributed by atoms with E-state index in [-0.39, 0.29) is 36.6 Å². The fourth-order valence-electron chi connectivity index (χ4n) is 3.49. The quantitative estimate of drug-likeness (QED) is 0.594. The molecule has 1 aliphatic carbocycles. The number of anilines is 1. The van der Waals surface area contributed by atoms with Crippen LogP contribution in [0.5, 0.6) is 0 Å². The first-order chi connectivity index (χ1) is 14.9. The number of halogens is 6. The number of alkyl halides is 6. The Morgan fingerprint density at radius 3 is 2.56 bits per heavy atom. The average Bonchev–Trinajstić information content (AvgIpc) is 2.71. The molecule has 1 fully saturated rings. The fraction of sp³-hybridized carbons (Fsp3) is 0.526. The van der Waals surface area contributed by atoms with E-state index < -0.39 is 36.1 Å². The summed E-state index contributed by atoms with van der Waals surface area (Å²) in [4.78, 5) is 17.4. The first-order valence-electron chi connectivity index (χ1n) is 9.64. The number of allylic oxidation sites excluding steroid dienone is 2. The summed E-state index contributed by atoms with van der Waals surface area (Å²) in [5, 5.41) is 11.6. The SMILES string of the molecule is O=C(O)c1cc(NC[C@H]2CCC[C@@H](C3C=CC(OC(F)(F)F)=CC3)O2)nc(C(F)(F)F)n1. The number of hydrogen-bond acceptors (Lipinski definition) is 6. The minimum absolute atomic E-state index is 0.0680. The molecule has 0 bridgehead atoms. The molecule has 0 aromatic carbocycles. The van der Waals surface area contributed by atoms with E-state index in [4.69, 9.17) is 9.84 Å². The van der Waals surface area contributed by atoms with Crippen LogP contribution >= 0.6 is 0 Å². The molecule has 1 saturated heterocycles. The van der Waals surface area contributed by atoms with E-state index in [9.17, 15) is 31.1 Å². The molecule has 7 nitrogen and oxygen atoms in total. The maximum atomic E-state index is 12.9. The van der Waals surface area contributed by atoms with Gasteiger partial charge in [0.25, 0.3) is 0 Å². The number of ether oxygens (including phenoxy) is 2. The summed E-state index contributed by atoms with van der Waals surface area (Å²) in [5.74, 6) is -3.96. The van der Waals surface area contributed by atoms with Crippen LogP contribution in [0.25, 0.3) is 0 Å². The zero-order valence-corrected chi connectivity index (χ0v) is 16.4. The van der Waals surface area contributed by atoms with Gasteiger partial charge in [0.15, 0.2) is 5.69 Å². The summed E-state index contributed by atoms with van der Waals surface area (Å²) in [6, 6.07) is 0.898. The molecule has 0 amide bonds. The van der Waals surface area contributed by atoms with Crippen LogP contribution < -0.4 is 5.32 Å². The van der Waals surface area contributed by atoms with E-state index in [2.05, 4.69) is 20.0 Å². The predicted octanol–water partition coefficient (Wildman–Crippen LogP) is 4.54. The molecule has 0 radical (unpaired) electrons. The van der Waals surface area contributed by atoms with Crippen molar-refractivity contribution in [2.24, 2.45) is 5.92 Å². The highest BCUT2D eigenvalue weighted by Gasteiger charge is 2.36. The standard InChI is InChI=1S/C19H19F6N3O4/c20-18(21,22)17-27-13(16(29)30)8-15(28-17)26-9-12-2-1-3-14(31-12)10-4-6-11(7-5-10)32-19(23,24)25/h4,6-8,10,12,14H,1-3,5,9H2,(H,29,30)(H,26,27,28)/t10?,12-,14+/m1/s1. The Morgan fingerprint density at radius 2 is 1.97 bits per heavy atom. The molecule has 1 unspecified atom stereocenters. The third kappa shape index (κ3) is 6.58. The minimum Gasteiger partial charge on any atom is -0.477 e. The van der Waals surface area contributed by atoms with Crippen LogP contribution in [-0.4, -0.2) is 46.2 Å². The molecule has 0 spiro atoms. The molecule has 13 heteroatoms. The number of carboxylic acid groups (broad SMARTS) is 1. The van der Waals surface area contributed by atoms with E-state index >= 15 is 0 Å². The van der Waals surface area contributed by atoms with Crippen LogP contribution in [0.3, 0.4) is 0 Å². The van der Waals surface area contributed by atoms with Gasteiger partial charge in [-0.3, -0.25) is 0 Å². The summed E-state index contributed by atoms with van der Waals surface area (Å²) in [6.07, 6.45) is -3.93. The van der Waals surface area contributed by atoms with Gasteiger partial charge in [0.2, 0.25) is 5.82 Å². The van der Waals surface area contributed by atoms with Crippen molar-refractivity contribution in [2.45, 2.75) is 50.4 Å². The molecule has 3 rings (SSSR count). The number of rotatable bonds is 6. The van der Waals surface area contributed by atoms with Crippen LogP contribution in [-0.2, 0) is 15.7 Å². The second-order valence-corrected chi connectivity index (χ2v) is 7.29. The summed E-state index contributed by atoms with van der Waals surface area (Å²) in [7, 11) is 0. The van der Waals surface area contributed by atoms with Crippen LogP contribution in [0.15, 0.2) is 30.1 Å². The predicted molar refractivity (Wildman–Crippen MR) is 97.5 cm³/mol. The number of aromatic nitrogens is 2. The van der Waals surface area contributed by atoms with Crippen LogP contribution in [0.1, 0.15) is 42.0 Å². The normalized spacial score (nSPS) is 24.1. The Bertz CT molecular complexity index is 900. The van der Waals surface area contributed by atoms with Gasteiger partial charge in [-0.1, -0.05) is 6.08 Å². The Balaban J connectivity index is 1.59. The molecule has 1 aliphatic heterocycles. The van der Waals surface area contributed by atoms with E-state index in [0.717, 1.165) is 12.5 Å². The third-order valence-electron chi connectivity index (χ3n) is 4.90. The molecular formula is C19H19F6N3O4. The number of nitrogens with zero attached hydrogens (tertiary/aromatic N) is 2. The van der Waals surface area contributed by atoms with Gasteiger partial charge in [-0.05, 0) is 37.8 Å². The highest BCUT2D eigenvalue weighted by molar-refractivity contribution is 5.86. The van der Waals surface area contributed by atoms with Gasteiger partial charge < -0.3 is 19.9 Å². The smallest absolute Gasteiger partial charge is 0.477 e. The Morgan fingerprint density at radius 1 is 1.22 bits per heavy atom. The van der Waals surface area contributed by atoms with Crippen LogP contribution in [0.2, 0.25) is 0 Å². The van der Waals surface area contributed by atoms with Gasteiger partial charge in [0.05, 0.1) is 12.2 Å². The van der Waals surface area contributed by atoms with Gasteiger partial charge in [0, 0.05) is 18.5 Å². The first kappa shape index (κ1) is 23.8. The van der Waals surface area contributed by atoms with Crippen LogP contribution in [0, 0.1) is 5.92 Å². The molecule has 176 valence electrons. The van der Waals surface area contributed by atoms with Gasteiger partial charge in [0.1, 0.15) is 11.6 Å². The number of aromatic carboxylic acids is 1. The zero-order chi connectivity index (χ0) is 23.5. The molecule has 1 aromatic heterocycles. The van der Waals surface area contributed by atoms with Crippen molar-refractivity contribution in [3.63, 3.8) is 0 Å². The number of hydrogen-bond donors (Lipinski definition) is 2. The summed E-state index contributed by atoms with van der Waals surface area (Å²) >= 11 is 0. The molecular weight excluding hydrogens is 448 g/mol. The molecule has 32 heavy (non-hydrogen) atoms. The molecule has 1 aromatic rings. The second-order valence-electron chi connectivity index (χ2n) is 7.29. The van der Waals surface area contributed by atoms with Crippen molar-refractivity contribution in [1.29, 1.82) is 0 Å². The van der Waals surface area contributed by atoms with Crippen molar-refractivity contribution in [2.75, 3.05) is 11.9 Å². The van der Waals surface area contributed by atoms with Crippen molar-refractivity contribution < 1.29 is 45.7 Å². The van der Waals surface area contributed by atoms with E-state index in [1.165, 1.54) is 12.2 Å². The average molecular weight is 467 g/mol. The third-order valence-corrected chi connectivity index (χ3v) is 4.90. The van der Waals surface area contributed by atoms with Crippen molar-refractivity contribution in [3.05, 3.63) is 41.6 Å². The van der Waals surface area contributed by atoms with Crippen LogP contribution in [0.4, 0.5) is 32.2 Å². The van der Waals surface area contributed by atoms with Crippen molar-refractivity contribution in [1.82, 2.24) is 9.97 Å². The van der Waals surface area contributed by atoms with Gasteiger partial charge in [-0.2, -0.15) is 13.2 Å². The molecule has 2 heterocycles. The second kappa shape index (κ2) is 9.35. The Labute approximate surface area is 178 Å². The molecule has 0 saturated carbocycles. The lowest BCUT2D eigenvalue weighted by Gasteiger charge is -2.34. The van der Waals surface area contributed by atoms with E-state index in [0.29, 0.717) is 12.8 Å². The minimum atomic E-state index is -4.91. The number of carboxylic acids is 1. The van der Waals surface area contributed by atoms with E-state index in [1.807, 2.05) is 0 Å². The van der Waals surface area contributed by atoms with Gasteiger partial charge >= 0.3 is 18.5 Å². The maximum absolute atomic E-state index is 12.9. The zero-order valence-electron chi connectivity index (χ0n) is 16.4. The monoisotopic (exact) mass is 467 g/mol. The lowest BCUT2D eigenvalue weighted by molar-refractivity contribution is -0.303. The highest BCUT2D eigenvalue weighted by Crippen LogP contribution is 2.32. The summed E-state index contributed by atoms with van der Waals surface area (Å²) in [5.41, 5.74) is -0.798. The lowest BCUT2D eigenvalue weighted by Crippen LogP contribution is -2.37. The van der Waals surface area contributed by atoms with Gasteiger partial charge in [-0.15, -0.1) is 13.2 Å². The van der Waals surface area contributed by atoms with Crippen molar-refractivity contribution >= 4 is 11.8 Å². The maximum Gasteiger partial charge on any atom is 0.573 e. The van der Waals surface area contributed by atoms with Gasteiger partial charge in [-0.25, -0.2) is 14.8 Å². The summed E-state index contributed by atoms with van der Waals surface area (Å²) < 4.78 is 85.5. The summed E-state index contributed by atoms with van der Waals surface area (Å²) in [6.45, 7) is 0.0680. The Hall–Kier alpha value is -2.83. The first-order valence-corrected chi connectivity index (χ1v) is 9.64. The molecule has 2 N–H and O–H groups in total.